The first-order valence-electron chi connectivity index (χ1n) is 5.66. The predicted molar refractivity (Wildman–Crippen MR) is 64.5 cm³/mol. The van der Waals surface area contributed by atoms with Crippen LogP contribution in [0.4, 0.5) is 13.2 Å². The van der Waals surface area contributed by atoms with Crippen molar-refractivity contribution in [2.24, 2.45) is 0 Å². The van der Waals surface area contributed by atoms with E-state index in [1.54, 1.807) is 14.0 Å². The molecular formula is C13H16F3NO2. The number of hydrogen-bond donors (Lipinski definition) is 1. The number of benzene rings is 1. The smallest absolute Gasteiger partial charge is 0.416 e. The number of hydrogen-bond acceptors (Lipinski definition) is 3. The normalized spacial score (nSPS) is 14.8. The highest BCUT2D eigenvalue weighted by Crippen LogP contribution is 2.31. The highest BCUT2D eigenvalue weighted by molar-refractivity contribution is 5.71. The third-order valence-corrected chi connectivity index (χ3v) is 3.13. The summed E-state index contributed by atoms with van der Waals surface area (Å²) in [7, 11) is 2.91. The Morgan fingerprint density at radius 2 is 1.68 bits per heavy atom. The van der Waals surface area contributed by atoms with Gasteiger partial charge < -0.3 is 10.1 Å². The van der Waals surface area contributed by atoms with Crippen LogP contribution in [0.2, 0.25) is 0 Å². The van der Waals surface area contributed by atoms with Gasteiger partial charge in [0.05, 0.1) is 24.6 Å². The minimum absolute atomic E-state index is 0.0331. The zero-order valence-electron chi connectivity index (χ0n) is 11.0. The summed E-state index contributed by atoms with van der Waals surface area (Å²) >= 11 is 0. The molecule has 106 valence electrons. The molecule has 0 saturated carbocycles. The van der Waals surface area contributed by atoms with Crippen LogP contribution in [0.3, 0.4) is 0 Å². The predicted octanol–water partition coefficient (Wildman–Crippen LogP) is 2.70. The van der Waals surface area contributed by atoms with Crippen molar-refractivity contribution in [2.75, 3.05) is 14.2 Å². The monoisotopic (exact) mass is 275 g/mol. The second kappa shape index (κ2) is 5.61. The minimum atomic E-state index is -4.36. The third kappa shape index (κ3) is 3.70. The Bertz CT molecular complexity index is 442. The van der Waals surface area contributed by atoms with Crippen molar-refractivity contribution in [1.29, 1.82) is 0 Å². The SMILES string of the molecule is CNC(C)(CC(=O)OC)c1ccc(C(F)(F)F)cc1. The van der Waals surface area contributed by atoms with Gasteiger partial charge in [0, 0.05) is 0 Å². The van der Waals surface area contributed by atoms with Gasteiger partial charge in [-0.05, 0) is 31.7 Å². The maximum Gasteiger partial charge on any atom is 0.416 e. The van der Waals surface area contributed by atoms with Gasteiger partial charge in [0.1, 0.15) is 0 Å². The highest BCUT2D eigenvalue weighted by Gasteiger charge is 2.32. The van der Waals surface area contributed by atoms with E-state index in [9.17, 15) is 18.0 Å². The Morgan fingerprint density at radius 3 is 2.05 bits per heavy atom. The quantitative estimate of drug-likeness (QED) is 0.859. The van der Waals surface area contributed by atoms with Gasteiger partial charge in [0.25, 0.3) is 0 Å². The molecule has 0 saturated heterocycles. The van der Waals surface area contributed by atoms with E-state index in [0.29, 0.717) is 5.56 Å². The van der Waals surface area contributed by atoms with Crippen LogP contribution in [0.1, 0.15) is 24.5 Å². The van der Waals surface area contributed by atoms with Gasteiger partial charge in [0.2, 0.25) is 0 Å². The molecule has 6 heteroatoms. The van der Waals surface area contributed by atoms with Crippen LogP contribution < -0.4 is 5.32 Å². The van der Waals surface area contributed by atoms with E-state index in [4.69, 9.17) is 0 Å². The Labute approximate surface area is 109 Å². The van der Waals surface area contributed by atoms with Gasteiger partial charge in [0.15, 0.2) is 0 Å². The molecule has 0 aliphatic rings. The number of alkyl halides is 3. The molecule has 1 N–H and O–H groups in total. The van der Waals surface area contributed by atoms with Crippen LogP contribution in [-0.2, 0) is 21.2 Å². The molecule has 3 nitrogen and oxygen atoms in total. The fourth-order valence-corrected chi connectivity index (χ4v) is 1.72. The van der Waals surface area contributed by atoms with Crippen LogP contribution in [0.15, 0.2) is 24.3 Å². The average molecular weight is 275 g/mol. The Hall–Kier alpha value is -1.56. The lowest BCUT2D eigenvalue weighted by Gasteiger charge is -2.29. The number of carbonyl (C=O) groups is 1. The van der Waals surface area contributed by atoms with E-state index in [0.717, 1.165) is 12.1 Å². The van der Waals surface area contributed by atoms with Crippen molar-refractivity contribution in [3.8, 4) is 0 Å². The molecule has 1 atom stereocenters. The molecule has 19 heavy (non-hydrogen) atoms. The van der Waals surface area contributed by atoms with Gasteiger partial charge in [-0.1, -0.05) is 12.1 Å². The highest BCUT2D eigenvalue weighted by atomic mass is 19.4. The average Bonchev–Trinajstić information content (AvgIpc) is 2.37. The molecule has 1 unspecified atom stereocenters. The molecule has 0 fully saturated rings. The molecule has 0 aromatic heterocycles. The number of nitrogens with one attached hydrogen (secondary N) is 1. The zero-order chi connectivity index (χ0) is 14.7. The van der Waals surface area contributed by atoms with Crippen molar-refractivity contribution >= 4 is 5.97 Å². The summed E-state index contributed by atoms with van der Waals surface area (Å²) in [6.45, 7) is 1.73. The van der Waals surface area contributed by atoms with Gasteiger partial charge >= 0.3 is 12.1 Å². The molecule has 1 rings (SSSR count). The fourth-order valence-electron chi connectivity index (χ4n) is 1.72. The summed E-state index contributed by atoms with van der Waals surface area (Å²) in [4.78, 5) is 11.3. The summed E-state index contributed by atoms with van der Waals surface area (Å²) in [5.74, 6) is -0.434. The number of halogens is 3. The summed E-state index contributed by atoms with van der Waals surface area (Å²) in [6.07, 6.45) is -4.33. The maximum atomic E-state index is 12.5. The third-order valence-electron chi connectivity index (χ3n) is 3.13. The molecular weight excluding hydrogens is 259 g/mol. The van der Waals surface area contributed by atoms with Crippen LogP contribution >= 0.6 is 0 Å². The molecule has 0 radical (unpaired) electrons. The summed E-state index contributed by atoms with van der Waals surface area (Å²) < 4.78 is 42.0. The number of esters is 1. The van der Waals surface area contributed by atoms with Crippen molar-refractivity contribution in [1.82, 2.24) is 5.32 Å². The number of carbonyl (C=O) groups excluding carboxylic acids is 1. The van der Waals surface area contributed by atoms with Crippen LogP contribution in [0.5, 0.6) is 0 Å². The summed E-state index contributed by atoms with van der Waals surface area (Å²) in [6, 6.07) is 4.73. The lowest BCUT2D eigenvalue weighted by Crippen LogP contribution is -2.39. The molecule has 0 aliphatic heterocycles. The van der Waals surface area contributed by atoms with Gasteiger partial charge in [-0.25, -0.2) is 0 Å². The second-order valence-corrected chi connectivity index (χ2v) is 4.41. The van der Waals surface area contributed by atoms with Crippen molar-refractivity contribution in [2.45, 2.75) is 25.1 Å². The van der Waals surface area contributed by atoms with E-state index in [1.807, 2.05) is 0 Å². The Morgan fingerprint density at radius 1 is 1.21 bits per heavy atom. The van der Waals surface area contributed by atoms with Crippen LogP contribution in [0, 0.1) is 0 Å². The second-order valence-electron chi connectivity index (χ2n) is 4.41. The summed E-state index contributed by atoms with van der Waals surface area (Å²) in [5, 5.41) is 2.94. The van der Waals surface area contributed by atoms with E-state index in [2.05, 4.69) is 10.1 Å². The molecule has 1 aromatic carbocycles. The first-order valence-corrected chi connectivity index (χ1v) is 5.66. The van der Waals surface area contributed by atoms with E-state index in [-0.39, 0.29) is 6.42 Å². The Kier molecular flexibility index (Phi) is 4.57. The van der Waals surface area contributed by atoms with E-state index >= 15 is 0 Å². The van der Waals surface area contributed by atoms with Gasteiger partial charge in [-0.15, -0.1) is 0 Å². The molecule has 1 aromatic rings. The molecule has 0 spiro atoms. The zero-order valence-corrected chi connectivity index (χ0v) is 11.0. The van der Waals surface area contributed by atoms with Gasteiger partial charge in [-0.2, -0.15) is 13.2 Å². The molecule has 0 aliphatic carbocycles. The van der Waals surface area contributed by atoms with Crippen molar-refractivity contribution < 1.29 is 22.7 Å². The number of rotatable bonds is 4. The Balaban J connectivity index is 3.03. The molecule has 0 amide bonds. The lowest BCUT2D eigenvalue weighted by molar-refractivity contribution is -0.142. The van der Waals surface area contributed by atoms with Crippen molar-refractivity contribution in [3.63, 3.8) is 0 Å². The largest absolute Gasteiger partial charge is 0.469 e. The molecule has 0 heterocycles. The van der Waals surface area contributed by atoms with Crippen molar-refractivity contribution in [3.05, 3.63) is 35.4 Å². The first-order chi connectivity index (χ1) is 8.73. The van der Waals surface area contributed by atoms with Gasteiger partial charge in [-0.3, -0.25) is 4.79 Å². The molecule has 0 bridgehead atoms. The minimum Gasteiger partial charge on any atom is -0.469 e. The van der Waals surface area contributed by atoms with E-state index < -0.39 is 23.2 Å². The summed E-state index contributed by atoms with van der Waals surface area (Å²) in [5.41, 5.74) is -0.891. The van der Waals surface area contributed by atoms with E-state index in [1.165, 1.54) is 19.2 Å². The lowest BCUT2D eigenvalue weighted by atomic mass is 9.88. The van der Waals surface area contributed by atoms with Crippen LogP contribution in [-0.4, -0.2) is 20.1 Å². The first kappa shape index (κ1) is 15.5. The number of methoxy groups -OCH3 is 1. The number of ether oxygens (including phenoxy) is 1. The standard InChI is InChI=1S/C13H16F3NO2/c1-12(17-2,8-11(18)19-3)9-4-6-10(7-5-9)13(14,15)16/h4-7,17H,8H2,1-3H3. The maximum absolute atomic E-state index is 12.5. The fraction of sp³-hybridized carbons (Fsp3) is 0.462. The topological polar surface area (TPSA) is 38.3 Å². The van der Waals surface area contributed by atoms with Crippen LogP contribution in [0.25, 0.3) is 0 Å².